The van der Waals surface area contributed by atoms with E-state index in [0.717, 1.165) is 11.4 Å². The van der Waals surface area contributed by atoms with Crippen molar-refractivity contribution in [1.29, 1.82) is 0 Å². The van der Waals surface area contributed by atoms with Gasteiger partial charge in [0.1, 0.15) is 0 Å². The van der Waals surface area contributed by atoms with Crippen molar-refractivity contribution >= 4 is 17.4 Å². The normalized spacial score (nSPS) is 10.8. The van der Waals surface area contributed by atoms with Crippen molar-refractivity contribution in [1.82, 2.24) is 14.4 Å². The molecule has 0 amide bonds. The highest BCUT2D eigenvalue weighted by molar-refractivity contribution is 6.16. The van der Waals surface area contributed by atoms with Gasteiger partial charge in [0, 0.05) is 11.9 Å². The summed E-state index contributed by atoms with van der Waals surface area (Å²) in [4.78, 5) is 8.36. The fourth-order valence-corrected chi connectivity index (χ4v) is 1.30. The Morgan fingerprint density at radius 1 is 1.58 bits per heavy atom. The number of halogens is 1. The molecule has 0 saturated carbocycles. The van der Waals surface area contributed by atoms with Gasteiger partial charge in [0.05, 0.1) is 17.8 Å². The second-order valence-electron chi connectivity index (χ2n) is 2.62. The van der Waals surface area contributed by atoms with Crippen LogP contribution in [-0.4, -0.2) is 14.4 Å². The number of aryl methyl sites for hydroxylation is 1. The van der Waals surface area contributed by atoms with Crippen molar-refractivity contribution in [2.45, 2.75) is 12.8 Å². The summed E-state index contributed by atoms with van der Waals surface area (Å²) in [7, 11) is 0. The van der Waals surface area contributed by atoms with Crippen LogP contribution in [0.25, 0.3) is 5.78 Å². The smallest absolute Gasteiger partial charge is 0.234 e. The van der Waals surface area contributed by atoms with Gasteiger partial charge in [-0.2, -0.15) is 0 Å². The molecule has 0 radical (unpaired) electrons. The van der Waals surface area contributed by atoms with Gasteiger partial charge in [-0.05, 0) is 13.0 Å². The molecular weight excluding hydrogens is 174 g/mol. The summed E-state index contributed by atoms with van der Waals surface area (Å²) in [5.41, 5.74) is 1.94. The number of fused-ring (bicyclic) bond motifs is 1. The van der Waals surface area contributed by atoms with Gasteiger partial charge in [-0.3, -0.25) is 4.40 Å². The minimum atomic E-state index is 0.464. The SMILES string of the molecule is Cc1ccn2c(CCl)cnc2n1. The molecule has 3 nitrogen and oxygen atoms in total. The van der Waals surface area contributed by atoms with Crippen LogP contribution in [0.4, 0.5) is 0 Å². The molecule has 2 rings (SSSR count). The third kappa shape index (κ3) is 1.06. The zero-order valence-electron chi connectivity index (χ0n) is 6.66. The monoisotopic (exact) mass is 181 g/mol. The number of hydrogen-bond donors (Lipinski definition) is 0. The quantitative estimate of drug-likeness (QED) is 0.628. The second kappa shape index (κ2) is 2.75. The second-order valence-corrected chi connectivity index (χ2v) is 2.89. The van der Waals surface area contributed by atoms with E-state index in [4.69, 9.17) is 11.6 Å². The molecule has 12 heavy (non-hydrogen) atoms. The maximum absolute atomic E-state index is 5.70. The molecule has 0 spiro atoms. The molecule has 0 atom stereocenters. The van der Waals surface area contributed by atoms with Gasteiger partial charge >= 0.3 is 0 Å². The average molecular weight is 182 g/mol. The van der Waals surface area contributed by atoms with Gasteiger partial charge in [-0.15, -0.1) is 11.6 Å². The van der Waals surface area contributed by atoms with Gasteiger partial charge in [0.15, 0.2) is 0 Å². The number of hydrogen-bond acceptors (Lipinski definition) is 2. The summed E-state index contributed by atoms with van der Waals surface area (Å²) in [5.74, 6) is 1.18. The minimum absolute atomic E-state index is 0.464. The Bertz CT molecular complexity index is 408. The molecule has 2 heterocycles. The van der Waals surface area contributed by atoms with Crippen molar-refractivity contribution in [3.8, 4) is 0 Å². The van der Waals surface area contributed by atoms with E-state index in [9.17, 15) is 0 Å². The van der Waals surface area contributed by atoms with E-state index in [2.05, 4.69) is 9.97 Å². The first-order chi connectivity index (χ1) is 5.81. The van der Waals surface area contributed by atoms with Gasteiger partial charge in [0.25, 0.3) is 0 Å². The van der Waals surface area contributed by atoms with Gasteiger partial charge in [0.2, 0.25) is 5.78 Å². The lowest BCUT2D eigenvalue weighted by molar-refractivity contribution is 1.02. The predicted molar refractivity (Wildman–Crippen MR) is 47.3 cm³/mol. The molecular formula is C8H8ClN3. The van der Waals surface area contributed by atoms with Crippen molar-refractivity contribution in [2.75, 3.05) is 0 Å². The lowest BCUT2D eigenvalue weighted by Gasteiger charge is -1.96. The number of nitrogens with zero attached hydrogens (tertiary/aromatic N) is 3. The molecule has 0 aliphatic carbocycles. The fraction of sp³-hybridized carbons (Fsp3) is 0.250. The lowest BCUT2D eigenvalue weighted by Crippen LogP contribution is -1.92. The highest BCUT2D eigenvalue weighted by Crippen LogP contribution is 2.07. The van der Waals surface area contributed by atoms with Crippen LogP contribution in [0.5, 0.6) is 0 Å². The third-order valence-electron chi connectivity index (χ3n) is 1.73. The molecule has 4 heteroatoms. The first kappa shape index (κ1) is 7.55. The van der Waals surface area contributed by atoms with E-state index in [1.165, 1.54) is 0 Å². The summed E-state index contributed by atoms with van der Waals surface area (Å²) in [6.45, 7) is 1.94. The summed E-state index contributed by atoms with van der Waals surface area (Å²) in [6, 6.07) is 1.94. The topological polar surface area (TPSA) is 30.2 Å². The van der Waals surface area contributed by atoms with Crippen molar-refractivity contribution in [3.05, 3.63) is 29.8 Å². The summed E-state index contributed by atoms with van der Waals surface area (Å²) >= 11 is 5.70. The highest BCUT2D eigenvalue weighted by atomic mass is 35.5. The first-order valence-corrected chi connectivity index (χ1v) is 4.20. The maximum Gasteiger partial charge on any atom is 0.234 e. The molecule has 0 fully saturated rings. The Hall–Kier alpha value is -1.09. The van der Waals surface area contributed by atoms with E-state index in [1.807, 2.05) is 23.6 Å². The number of alkyl halides is 1. The largest absolute Gasteiger partial charge is 0.287 e. The molecule has 0 aromatic carbocycles. The number of aromatic nitrogens is 3. The molecule has 0 bridgehead atoms. The van der Waals surface area contributed by atoms with Gasteiger partial charge in [-0.1, -0.05) is 0 Å². The van der Waals surface area contributed by atoms with Crippen LogP contribution >= 0.6 is 11.6 Å². The standard InChI is InChI=1S/C8H8ClN3/c1-6-2-3-12-7(4-9)5-10-8(12)11-6/h2-3,5H,4H2,1H3. The highest BCUT2D eigenvalue weighted by Gasteiger charge is 2.01. The van der Waals surface area contributed by atoms with Crippen molar-refractivity contribution in [3.63, 3.8) is 0 Å². The lowest BCUT2D eigenvalue weighted by atomic mass is 10.4. The molecule has 2 aromatic heterocycles. The Kier molecular flexibility index (Phi) is 1.73. The maximum atomic E-state index is 5.70. The third-order valence-corrected chi connectivity index (χ3v) is 2.01. The molecule has 0 aliphatic rings. The fourth-order valence-electron chi connectivity index (χ4n) is 1.11. The van der Waals surface area contributed by atoms with Crippen LogP contribution in [0.15, 0.2) is 18.5 Å². The summed E-state index contributed by atoms with van der Waals surface area (Å²) in [6.07, 6.45) is 3.68. The van der Waals surface area contributed by atoms with Gasteiger partial charge in [-0.25, -0.2) is 9.97 Å². The van der Waals surface area contributed by atoms with Crippen LogP contribution in [0, 0.1) is 6.92 Å². The van der Waals surface area contributed by atoms with Crippen LogP contribution in [-0.2, 0) is 5.88 Å². The Balaban J connectivity index is 2.73. The van der Waals surface area contributed by atoms with Crippen LogP contribution in [0.3, 0.4) is 0 Å². The van der Waals surface area contributed by atoms with Crippen molar-refractivity contribution < 1.29 is 0 Å². The zero-order chi connectivity index (χ0) is 8.55. The summed E-state index contributed by atoms with van der Waals surface area (Å²) < 4.78 is 1.89. The molecule has 0 saturated heterocycles. The van der Waals surface area contributed by atoms with E-state index >= 15 is 0 Å². The Labute approximate surface area is 75.0 Å². The van der Waals surface area contributed by atoms with Crippen molar-refractivity contribution in [2.24, 2.45) is 0 Å². The Morgan fingerprint density at radius 3 is 3.17 bits per heavy atom. The predicted octanol–water partition coefficient (Wildman–Crippen LogP) is 1.78. The van der Waals surface area contributed by atoms with E-state index < -0.39 is 0 Å². The van der Waals surface area contributed by atoms with Crippen LogP contribution < -0.4 is 0 Å². The Morgan fingerprint density at radius 2 is 2.42 bits per heavy atom. The average Bonchev–Trinajstić information content (AvgIpc) is 2.46. The van der Waals surface area contributed by atoms with E-state index in [1.54, 1.807) is 6.20 Å². The van der Waals surface area contributed by atoms with Gasteiger partial charge < -0.3 is 0 Å². The molecule has 0 N–H and O–H groups in total. The van der Waals surface area contributed by atoms with E-state index in [-0.39, 0.29) is 0 Å². The van der Waals surface area contributed by atoms with Crippen LogP contribution in [0.1, 0.15) is 11.4 Å². The molecule has 0 unspecified atom stereocenters. The molecule has 0 aliphatic heterocycles. The van der Waals surface area contributed by atoms with E-state index in [0.29, 0.717) is 11.7 Å². The summed E-state index contributed by atoms with van der Waals surface area (Å²) in [5, 5.41) is 0. The number of imidazole rings is 1. The minimum Gasteiger partial charge on any atom is -0.287 e. The number of rotatable bonds is 1. The molecule has 2 aromatic rings. The van der Waals surface area contributed by atoms with Crippen LogP contribution in [0.2, 0.25) is 0 Å². The first-order valence-electron chi connectivity index (χ1n) is 3.67. The zero-order valence-corrected chi connectivity index (χ0v) is 7.41. The molecule has 62 valence electrons.